The lowest BCUT2D eigenvalue weighted by atomic mass is 10.1. The van der Waals surface area contributed by atoms with Gasteiger partial charge in [-0.05, 0) is 6.42 Å². The van der Waals surface area contributed by atoms with E-state index >= 15 is 0 Å². The third kappa shape index (κ3) is 1.75. The molecule has 0 aliphatic heterocycles. The molecule has 0 saturated carbocycles. The van der Waals surface area contributed by atoms with Gasteiger partial charge in [-0.2, -0.15) is 4.52 Å². The number of carbonyl (C=O) groups is 1. The van der Waals surface area contributed by atoms with Gasteiger partial charge < -0.3 is 5.11 Å². The molecular formula is C11H14N4O2. The Hall–Kier alpha value is -1.98. The van der Waals surface area contributed by atoms with Gasteiger partial charge in [-0.1, -0.05) is 26.0 Å². The zero-order valence-electron chi connectivity index (χ0n) is 10.0. The average molecular weight is 234 g/mol. The van der Waals surface area contributed by atoms with Crippen LogP contribution in [0.5, 0.6) is 0 Å². The Labute approximate surface area is 98.3 Å². The minimum Gasteiger partial charge on any atom is -0.478 e. The zero-order valence-corrected chi connectivity index (χ0v) is 10.0. The number of carboxylic acids is 1. The monoisotopic (exact) mass is 234 g/mol. The van der Waals surface area contributed by atoms with Crippen LogP contribution in [0.3, 0.4) is 0 Å². The molecule has 90 valence electrons. The van der Waals surface area contributed by atoms with Crippen molar-refractivity contribution in [3.05, 3.63) is 23.1 Å². The largest absolute Gasteiger partial charge is 0.478 e. The number of hydrogen-bond donors (Lipinski definition) is 1. The Kier molecular flexibility index (Phi) is 2.79. The van der Waals surface area contributed by atoms with Gasteiger partial charge in [-0.15, -0.1) is 5.10 Å². The lowest BCUT2D eigenvalue weighted by molar-refractivity contribution is 0.0694. The van der Waals surface area contributed by atoms with Crippen LogP contribution < -0.4 is 0 Å². The fraction of sp³-hybridized carbons (Fsp3) is 0.455. The van der Waals surface area contributed by atoms with E-state index in [0.717, 1.165) is 5.69 Å². The van der Waals surface area contributed by atoms with Crippen molar-refractivity contribution in [2.45, 2.75) is 33.1 Å². The van der Waals surface area contributed by atoms with E-state index in [0.29, 0.717) is 17.8 Å². The van der Waals surface area contributed by atoms with E-state index in [4.69, 9.17) is 5.11 Å². The third-order valence-corrected chi connectivity index (χ3v) is 2.67. The standard InChI is InChI=1S/C11H14N4O2/c1-4-8-7(11(16)17)5-12-10-9(6(2)3)13-14-15(8)10/h5-6H,4H2,1-3H3,(H,16,17). The Morgan fingerprint density at radius 2 is 2.24 bits per heavy atom. The summed E-state index contributed by atoms with van der Waals surface area (Å²) in [5.41, 5.74) is 2.24. The second-order valence-corrected chi connectivity index (χ2v) is 4.14. The molecule has 1 N–H and O–H groups in total. The summed E-state index contributed by atoms with van der Waals surface area (Å²) in [4.78, 5) is 15.2. The first-order chi connectivity index (χ1) is 8.06. The number of nitrogens with zero attached hydrogens (tertiary/aromatic N) is 4. The smallest absolute Gasteiger partial charge is 0.339 e. The Morgan fingerprint density at radius 3 is 2.76 bits per heavy atom. The van der Waals surface area contributed by atoms with Crippen LogP contribution in [0.2, 0.25) is 0 Å². The van der Waals surface area contributed by atoms with E-state index in [9.17, 15) is 4.79 Å². The van der Waals surface area contributed by atoms with Gasteiger partial charge in [0.15, 0.2) is 5.65 Å². The number of fused-ring (bicyclic) bond motifs is 1. The van der Waals surface area contributed by atoms with Crippen LogP contribution in [0.4, 0.5) is 0 Å². The van der Waals surface area contributed by atoms with Crippen molar-refractivity contribution in [3.63, 3.8) is 0 Å². The Balaban J connectivity index is 2.75. The average Bonchev–Trinajstić information content (AvgIpc) is 2.70. The minimum atomic E-state index is -0.988. The molecule has 17 heavy (non-hydrogen) atoms. The van der Waals surface area contributed by atoms with Crippen LogP contribution in [0.15, 0.2) is 6.20 Å². The van der Waals surface area contributed by atoms with Gasteiger partial charge in [0, 0.05) is 12.1 Å². The molecule has 2 aromatic heterocycles. The quantitative estimate of drug-likeness (QED) is 0.870. The molecule has 0 radical (unpaired) electrons. The SMILES string of the molecule is CCc1c(C(=O)O)cnc2c(C(C)C)nnn12. The molecule has 2 rings (SSSR count). The number of rotatable bonds is 3. The van der Waals surface area contributed by atoms with Crippen LogP contribution in [0, 0.1) is 0 Å². The van der Waals surface area contributed by atoms with Crippen LogP contribution in [0.25, 0.3) is 5.65 Å². The van der Waals surface area contributed by atoms with Crippen LogP contribution in [-0.2, 0) is 6.42 Å². The van der Waals surface area contributed by atoms with Crippen molar-refractivity contribution in [2.24, 2.45) is 0 Å². The van der Waals surface area contributed by atoms with Crippen molar-refractivity contribution in [1.82, 2.24) is 19.8 Å². The number of aryl methyl sites for hydroxylation is 1. The van der Waals surface area contributed by atoms with Gasteiger partial charge >= 0.3 is 5.97 Å². The summed E-state index contributed by atoms with van der Waals surface area (Å²) in [7, 11) is 0. The van der Waals surface area contributed by atoms with Crippen molar-refractivity contribution >= 4 is 11.6 Å². The molecule has 6 heteroatoms. The summed E-state index contributed by atoms with van der Waals surface area (Å²) in [6, 6.07) is 0. The van der Waals surface area contributed by atoms with Gasteiger partial charge in [-0.25, -0.2) is 9.78 Å². The molecule has 0 aliphatic carbocycles. The van der Waals surface area contributed by atoms with Gasteiger partial charge in [0.1, 0.15) is 5.69 Å². The van der Waals surface area contributed by atoms with Gasteiger partial charge in [0.05, 0.1) is 11.3 Å². The summed E-state index contributed by atoms with van der Waals surface area (Å²) in [5, 5.41) is 17.1. The first-order valence-corrected chi connectivity index (χ1v) is 5.52. The molecule has 0 aliphatic rings. The summed E-state index contributed by atoms with van der Waals surface area (Å²) < 4.78 is 1.53. The van der Waals surface area contributed by atoms with E-state index in [-0.39, 0.29) is 11.5 Å². The van der Waals surface area contributed by atoms with E-state index < -0.39 is 5.97 Å². The molecule has 0 atom stereocenters. The van der Waals surface area contributed by atoms with Crippen LogP contribution in [0.1, 0.15) is 48.4 Å². The second-order valence-electron chi connectivity index (χ2n) is 4.14. The molecule has 0 bridgehead atoms. The summed E-state index contributed by atoms with van der Waals surface area (Å²) in [5.74, 6) is -0.779. The van der Waals surface area contributed by atoms with E-state index in [1.807, 2.05) is 20.8 Å². The van der Waals surface area contributed by atoms with E-state index in [1.54, 1.807) is 0 Å². The Bertz CT molecular complexity index is 574. The topological polar surface area (TPSA) is 80.4 Å². The minimum absolute atomic E-state index is 0.181. The van der Waals surface area contributed by atoms with Crippen LogP contribution in [-0.4, -0.2) is 30.9 Å². The third-order valence-electron chi connectivity index (χ3n) is 2.67. The molecule has 2 aromatic rings. The van der Waals surface area contributed by atoms with E-state index in [1.165, 1.54) is 10.7 Å². The summed E-state index contributed by atoms with van der Waals surface area (Å²) >= 11 is 0. The maximum absolute atomic E-state index is 11.1. The van der Waals surface area contributed by atoms with Gasteiger partial charge in [-0.3, -0.25) is 0 Å². The summed E-state index contributed by atoms with van der Waals surface area (Å²) in [6.45, 7) is 5.89. The number of aromatic carboxylic acids is 1. The van der Waals surface area contributed by atoms with E-state index in [2.05, 4.69) is 15.3 Å². The number of carboxylic acid groups (broad SMARTS) is 1. The van der Waals surface area contributed by atoms with Crippen molar-refractivity contribution < 1.29 is 9.90 Å². The van der Waals surface area contributed by atoms with Gasteiger partial charge in [0.25, 0.3) is 0 Å². The first-order valence-electron chi connectivity index (χ1n) is 5.52. The predicted octanol–water partition coefficient (Wildman–Crippen LogP) is 1.51. The molecular weight excluding hydrogens is 220 g/mol. The first kappa shape index (κ1) is 11.5. The van der Waals surface area contributed by atoms with Crippen molar-refractivity contribution in [2.75, 3.05) is 0 Å². The lowest BCUT2D eigenvalue weighted by Gasteiger charge is -2.05. The highest BCUT2D eigenvalue weighted by Gasteiger charge is 2.18. The maximum Gasteiger partial charge on any atom is 0.339 e. The molecule has 0 unspecified atom stereocenters. The van der Waals surface area contributed by atoms with Crippen molar-refractivity contribution in [1.29, 1.82) is 0 Å². The normalized spacial score (nSPS) is 11.3. The van der Waals surface area contributed by atoms with Crippen molar-refractivity contribution in [3.8, 4) is 0 Å². The highest BCUT2D eigenvalue weighted by molar-refractivity contribution is 5.88. The molecule has 0 saturated heterocycles. The predicted molar refractivity (Wildman–Crippen MR) is 61.2 cm³/mol. The molecule has 2 heterocycles. The number of aromatic nitrogens is 4. The molecule has 6 nitrogen and oxygen atoms in total. The molecule has 0 aromatic carbocycles. The highest BCUT2D eigenvalue weighted by Crippen LogP contribution is 2.18. The fourth-order valence-corrected chi connectivity index (χ4v) is 1.80. The fourth-order valence-electron chi connectivity index (χ4n) is 1.80. The number of hydrogen-bond acceptors (Lipinski definition) is 4. The Morgan fingerprint density at radius 1 is 1.53 bits per heavy atom. The van der Waals surface area contributed by atoms with Gasteiger partial charge in [0.2, 0.25) is 0 Å². The maximum atomic E-state index is 11.1. The zero-order chi connectivity index (χ0) is 12.6. The molecule has 0 spiro atoms. The molecule has 0 fully saturated rings. The second kappa shape index (κ2) is 4.12. The summed E-state index contributed by atoms with van der Waals surface area (Å²) in [6.07, 6.45) is 1.95. The van der Waals surface area contributed by atoms with Crippen LogP contribution >= 0.6 is 0 Å². The highest BCUT2D eigenvalue weighted by atomic mass is 16.4. The molecule has 0 amide bonds. The lowest BCUT2D eigenvalue weighted by Crippen LogP contribution is -2.10.